The van der Waals surface area contributed by atoms with Crippen LogP contribution in [0.2, 0.25) is 0 Å². The van der Waals surface area contributed by atoms with Crippen molar-refractivity contribution in [2.75, 3.05) is 13.6 Å². The summed E-state index contributed by atoms with van der Waals surface area (Å²) < 4.78 is 5.09. The molecule has 2 unspecified atom stereocenters. The molecule has 0 saturated carbocycles. The predicted octanol–water partition coefficient (Wildman–Crippen LogP) is 1.34. The smallest absolute Gasteiger partial charge is 0.287 e. The van der Waals surface area contributed by atoms with Crippen LogP contribution in [0.15, 0.2) is 53.1 Å². The quantitative estimate of drug-likeness (QED) is 0.682. The maximum Gasteiger partial charge on any atom is 0.287 e. The summed E-state index contributed by atoms with van der Waals surface area (Å²) in [5.41, 5.74) is 0.971. The van der Waals surface area contributed by atoms with Gasteiger partial charge in [-0.2, -0.15) is 0 Å². The van der Waals surface area contributed by atoms with E-state index in [0.717, 1.165) is 5.56 Å². The van der Waals surface area contributed by atoms with E-state index in [1.807, 2.05) is 44.3 Å². The van der Waals surface area contributed by atoms with Crippen LogP contribution < -0.4 is 16.0 Å². The summed E-state index contributed by atoms with van der Waals surface area (Å²) >= 11 is 0. The van der Waals surface area contributed by atoms with E-state index >= 15 is 0 Å². The molecule has 0 aliphatic heterocycles. The fourth-order valence-electron chi connectivity index (χ4n) is 2.18. The van der Waals surface area contributed by atoms with Crippen LogP contribution in [0, 0.1) is 0 Å². The molecule has 0 bridgehead atoms. The number of carbonyl (C=O) groups excluding carboxylic acids is 2. The Morgan fingerprint density at radius 3 is 2.50 bits per heavy atom. The summed E-state index contributed by atoms with van der Waals surface area (Å²) in [6, 6.07) is 12.2. The van der Waals surface area contributed by atoms with Crippen molar-refractivity contribution in [3.63, 3.8) is 0 Å². The van der Waals surface area contributed by atoms with Crippen molar-refractivity contribution in [2.45, 2.75) is 25.4 Å². The van der Waals surface area contributed by atoms with Crippen molar-refractivity contribution < 1.29 is 14.0 Å². The Hall–Kier alpha value is -2.60. The number of hydrogen-bond donors (Lipinski definition) is 3. The van der Waals surface area contributed by atoms with E-state index < -0.39 is 11.9 Å². The van der Waals surface area contributed by atoms with E-state index in [2.05, 4.69) is 16.0 Å². The average Bonchev–Trinajstić information content (AvgIpc) is 3.14. The first-order valence-electron chi connectivity index (χ1n) is 7.93. The molecule has 1 aromatic heterocycles. The number of carbonyl (C=O) groups is 2. The lowest BCUT2D eigenvalue weighted by Gasteiger charge is -2.19. The van der Waals surface area contributed by atoms with E-state index in [-0.39, 0.29) is 17.7 Å². The summed E-state index contributed by atoms with van der Waals surface area (Å²) in [6.45, 7) is 2.45. The van der Waals surface area contributed by atoms with Gasteiger partial charge in [-0.15, -0.1) is 0 Å². The summed E-state index contributed by atoms with van der Waals surface area (Å²) in [4.78, 5) is 24.7. The third-order valence-corrected chi connectivity index (χ3v) is 3.72. The number of hydrogen-bond acceptors (Lipinski definition) is 4. The van der Waals surface area contributed by atoms with Gasteiger partial charge in [0.1, 0.15) is 6.04 Å². The van der Waals surface area contributed by atoms with Crippen LogP contribution in [-0.4, -0.2) is 37.5 Å². The van der Waals surface area contributed by atoms with Crippen molar-refractivity contribution in [3.8, 4) is 0 Å². The second-order valence-electron chi connectivity index (χ2n) is 5.63. The normalized spacial score (nSPS) is 13.1. The van der Waals surface area contributed by atoms with Gasteiger partial charge in [-0.05, 0) is 31.7 Å². The molecule has 3 N–H and O–H groups in total. The standard InChI is InChI=1S/C18H23N3O3/c1-13(19-2)12-20-17(22)15(11-14-7-4-3-5-8-14)21-18(23)16-9-6-10-24-16/h3-10,13,15,19H,11-12H2,1-2H3,(H,20,22)(H,21,23). The molecule has 2 amide bonds. The van der Waals surface area contributed by atoms with Gasteiger partial charge in [0.15, 0.2) is 5.76 Å². The average molecular weight is 329 g/mol. The summed E-state index contributed by atoms with van der Waals surface area (Å²) in [7, 11) is 1.83. The van der Waals surface area contributed by atoms with Crippen molar-refractivity contribution in [3.05, 3.63) is 60.1 Å². The minimum absolute atomic E-state index is 0.145. The molecule has 0 aliphatic carbocycles. The molecular formula is C18H23N3O3. The molecule has 1 heterocycles. The maximum atomic E-state index is 12.5. The fourth-order valence-corrected chi connectivity index (χ4v) is 2.18. The zero-order chi connectivity index (χ0) is 17.4. The zero-order valence-electron chi connectivity index (χ0n) is 13.9. The Labute approximate surface area is 141 Å². The van der Waals surface area contributed by atoms with Crippen LogP contribution in [0.3, 0.4) is 0 Å². The number of likely N-dealkylation sites (N-methyl/N-ethyl adjacent to an activating group) is 1. The largest absolute Gasteiger partial charge is 0.459 e. The van der Waals surface area contributed by atoms with Gasteiger partial charge in [-0.3, -0.25) is 9.59 Å². The predicted molar refractivity (Wildman–Crippen MR) is 91.6 cm³/mol. The first kappa shape index (κ1) is 17.7. The highest BCUT2D eigenvalue weighted by atomic mass is 16.3. The highest BCUT2D eigenvalue weighted by Crippen LogP contribution is 2.06. The minimum Gasteiger partial charge on any atom is -0.459 e. The lowest BCUT2D eigenvalue weighted by atomic mass is 10.0. The number of furan rings is 1. The van der Waals surface area contributed by atoms with Crippen LogP contribution in [0.5, 0.6) is 0 Å². The second kappa shape index (κ2) is 8.88. The number of nitrogens with one attached hydrogen (secondary N) is 3. The first-order valence-corrected chi connectivity index (χ1v) is 7.93. The monoisotopic (exact) mass is 329 g/mol. The third-order valence-electron chi connectivity index (χ3n) is 3.72. The van der Waals surface area contributed by atoms with E-state index in [0.29, 0.717) is 13.0 Å². The number of benzene rings is 1. The van der Waals surface area contributed by atoms with Crippen LogP contribution in [0.25, 0.3) is 0 Å². The van der Waals surface area contributed by atoms with E-state index in [1.165, 1.54) is 6.26 Å². The molecule has 6 heteroatoms. The van der Waals surface area contributed by atoms with Crippen LogP contribution >= 0.6 is 0 Å². The molecule has 2 rings (SSSR count). The molecule has 24 heavy (non-hydrogen) atoms. The Balaban J connectivity index is 2.05. The van der Waals surface area contributed by atoms with Gasteiger partial charge in [0.25, 0.3) is 5.91 Å². The van der Waals surface area contributed by atoms with Crippen molar-refractivity contribution in [1.29, 1.82) is 0 Å². The van der Waals surface area contributed by atoms with Crippen LogP contribution in [0.1, 0.15) is 23.0 Å². The summed E-state index contributed by atoms with van der Waals surface area (Å²) in [5, 5.41) is 8.66. The lowest BCUT2D eigenvalue weighted by Crippen LogP contribution is -2.50. The molecule has 2 aromatic rings. The maximum absolute atomic E-state index is 12.5. The molecule has 6 nitrogen and oxygen atoms in total. The van der Waals surface area contributed by atoms with Crippen LogP contribution in [0.4, 0.5) is 0 Å². The van der Waals surface area contributed by atoms with E-state index in [4.69, 9.17) is 4.42 Å². The molecule has 0 saturated heterocycles. The summed E-state index contributed by atoms with van der Waals surface area (Å²) in [5.74, 6) is -0.442. The molecule has 0 aliphatic rings. The summed E-state index contributed by atoms with van der Waals surface area (Å²) in [6.07, 6.45) is 1.84. The highest BCUT2D eigenvalue weighted by Gasteiger charge is 2.23. The van der Waals surface area contributed by atoms with Gasteiger partial charge < -0.3 is 20.4 Å². The van der Waals surface area contributed by atoms with Gasteiger partial charge in [0, 0.05) is 19.0 Å². The molecule has 128 valence electrons. The van der Waals surface area contributed by atoms with E-state index in [1.54, 1.807) is 12.1 Å². The van der Waals surface area contributed by atoms with Gasteiger partial charge in [0.05, 0.1) is 6.26 Å². The SMILES string of the molecule is CNC(C)CNC(=O)C(Cc1ccccc1)NC(=O)c1ccco1. The van der Waals surface area contributed by atoms with Gasteiger partial charge in [-0.25, -0.2) is 0 Å². The van der Waals surface area contributed by atoms with Gasteiger partial charge >= 0.3 is 0 Å². The Bertz CT molecular complexity index is 641. The Morgan fingerprint density at radius 2 is 1.88 bits per heavy atom. The molecule has 0 spiro atoms. The molecule has 1 aromatic carbocycles. The molecule has 0 radical (unpaired) electrons. The highest BCUT2D eigenvalue weighted by molar-refractivity contribution is 5.95. The van der Waals surface area contributed by atoms with Crippen LogP contribution in [-0.2, 0) is 11.2 Å². The van der Waals surface area contributed by atoms with Gasteiger partial charge in [0.2, 0.25) is 5.91 Å². The van der Waals surface area contributed by atoms with Crippen molar-refractivity contribution in [1.82, 2.24) is 16.0 Å². The zero-order valence-corrected chi connectivity index (χ0v) is 13.9. The number of amides is 2. The second-order valence-corrected chi connectivity index (χ2v) is 5.63. The molecule has 2 atom stereocenters. The third kappa shape index (κ3) is 5.24. The van der Waals surface area contributed by atoms with Crippen molar-refractivity contribution in [2.24, 2.45) is 0 Å². The Morgan fingerprint density at radius 1 is 1.12 bits per heavy atom. The Kier molecular flexibility index (Phi) is 6.57. The fraction of sp³-hybridized carbons (Fsp3) is 0.333. The van der Waals surface area contributed by atoms with E-state index in [9.17, 15) is 9.59 Å². The lowest BCUT2D eigenvalue weighted by molar-refractivity contribution is -0.123. The topological polar surface area (TPSA) is 83.4 Å². The van der Waals surface area contributed by atoms with Gasteiger partial charge in [-0.1, -0.05) is 30.3 Å². The first-order chi connectivity index (χ1) is 11.6. The molecular weight excluding hydrogens is 306 g/mol. The van der Waals surface area contributed by atoms with Crippen molar-refractivity contribution >= 4 is 11.8 Å². The number of rotatable bonds is 8. The minimum atomic E-state index is -0.672. The molecule has 0 fully saturated rings.